The molecular formula is C15H26N2O2S2. The number of aryl methyl sites for hydroxylation is 1. The van der Waals surface area contributed by atoms with Crippen LogP contribution in [0.3, 0.4) is 0 Å². The fourth-order valence-corrected chi connectivity index (χ4v) is 6.56. The van der Waals surface area contributed by atoms with Crippen LogP contribution in [0.25, 0.3) is 0 Å². The van der Waals surface area contributed by atoms with E-state index in [1.165, 1.54) is 0 Å². The summed E-state index contributed by atoms with van der Waals surface area (Å²) in [5, 5.41) is 5.27. The van der Waals surface area contributed by atoms with Crippen LogP contribution in [0.1, 0.15) is 50.5 Å². The molecule has 4 nitrogen and oxygen atoms in total. The molecule has 1 aromatic heterocycles. The molecule has 0 aliphatic carbocycles. The number of rotatable bonds is 6. The summed E-state index contributed by atoms with van der Waals surface area (Å²) in [5.41, 5.74) is 0.595. The van der Waals surface area contributed by atoms with E-state index in [2.05, 4.69) is 12.2 Å². The van der Waals surface area contributed by atoms with Crippen molar-refractivity contribution in [1.82, 2.24) is 9.62 Å². The Bertz CT molecular complexity index is 591. The van der Waals surface area contributed by atoms with Gasteiger partial charge in [-0.3, -0.25) is 0 Å². The van der Waals surface area contributed by atoms with Crippen LogP contribution in [0, 0.1) is 6.92 Å². The molecule has 0 aromatic carbocycles. The van der Waals surface area contributed by atoms with E-state index in [0.717, 1.165) is 36.2 Å². The van der Waals surface area contributed by atoms with Gasteiger partial charge in [0, 0.05) is 23.5 Å². The smallest absolute Gasteiger partial charge is 0.244 e. The maximum atomic E-state index is 13.1. The zero-order chi connectivity index (χ0) is 15.7. The second-order valence-corrected chi connectivity index (χ2v) is 9.10. The van der Waals surface area contributed by atoms with Crippen LogP contribution in [0.15, 0.2) is 10.3 Å². The second-order valence-electron chi connectivity index (χ2n) is 6.34. The molecule has 0 amide bonds. The number of thiophene rings is 1. The summed E-state index contributed by atoms with van der Waals surface area (Å²) in [6, 6.07) is 0. The van der Waals surface area contributed by atoms with Gasteiger partial charge in [-0.25, -0.2) is 8.42 Å². The largest absolute Gasteiger partial charge is 0.312 e. The third-order valence-corrected chi connectivity index (χ3v) is 7.65. The third-order valence-electron chi connectivity index (χ3n) is 4.07. The Balaban J connectivity index is 2.34. The van der Waals surface area contributed by atoms with Crippen molar-refractivity contribution < 1.29 is 8.42 Å². The Kier molecular flexibility index (Phi) is 5.13. The van der Waals surface area contributed by atoms with Gasteiger partial charge in [0.05, 0.1) is 0 Å². The number of sulfonamides is 1. The molecule has 6 heteroatoms. The lowest BCUT2D eigenvalue weighted by Crippen LogP contribution is -2.43. The van der Waals surface area contributed by atoms with Crippen molar-refractivity contribution in [3.05, 3.63) is 15.8 Å². The van der Waals surface area contributed by atoms with E-state index in [1.807, 2.05) is 26.2 Å². The fourth-order valence-electron chi connectivity index (χ4n) is 2.97. The molecule has 1 aliphatic rings. The van der Waals surface area contributed by atoms with Crippen molar-refractivity contribution >= 4 is 21.4 Å². The zero-order valence-corrected chi connectivity index (χ0v) is 15.0. The van der Waals surface area contributed by atoms with Crippen LogP contribution in [0.4, 0.5) is 0 Å². The van der Waals surface area contributed by atoms with Crippen LogP contribution >= 0.6 is 11.3 Å². The SMILES string of the molecule is CCCNCc1scc(C)c1S(=O)(=O)N1CCCC1(C)C. The zero-order valence-electron chi connectivity index (χ0n) is 13.4. The van der Waals surface area contributed by atoms with Crippen LogP contribution in [-0.4, -0.2) is 31.4 Å². The van der Waals surface area contributed by atoms with Gasteiger partial charge in [0.25, 0.3) is 0 Å². The average molecular weight is 331 g/mol. The van der Waals surface area contributed by atoms with E-state index in [0.29, 0.717) is 18.0 Å². The number of hydrogen-bond acceptors (Lipinski definition) is 4. The molecular weight excluding hydrogens is 304 g/mol. The molecule has 0 radical (unpaired) electrons. The molecule has 120 valence electrons. The van der Waals surface area contributed by atoms with Gasteiger partial charge in [0.2, 0.25) is 10.0 Å². The molecule has 0 spiro atoms. The molecule has 0 saturated carbocycles. The minimum atomic E-state index is -3.40. The topological polar surface area (TPSA) is 49.4 Å². The lowest BCUT2D eigenvalue weighted by Gasteiger charge is -2.31. The van der Waals surface area contributed by atoms with E-state index in [4.69, 9.17) is 0 Å². The van der Waals surface area contributed by atoms with Crippen molar-refractivity contribution in [1.29, 1.82) is 0 Å². The highest BCUT2D eigenvalue weighted by molar-refractivity contribution is 7.89. The van der Waals surface area contributed by atoms with Crippen molar-refractivity contribution in [2.45, 2.75) is 63.9 Å². The van der Waals surface area contributed by atoms with Crippen LogP contribution in [0.2, 0.25) is 0 Å². The van der Waals surface area contributed by atoms with Crippen LogP contribution in [-0.2, 0) is 16.6 Å². The molecule has 21 heavy (non-hydrogen) atoms. The highest BCUT2D eigenvalue weighted by atomic mass is 32.2. The normalized spacial score (nSPS) is 19.2. The minimum Gasteiger partial charge on any atom is -0.312 e. The first-order valence-electron chi connectivity index (χ1n) is 7.61. The molecule has 1 N–H and O–H groups in total. The summed E-state index contributed by atoms with van der Waals surface area (Å²) in [6.07, 6.45) is 2.92. The molecule has 0 bridgehead atoms. The standard InChI is InChI=1S/C15H26N2O2S2/c1-5-8-16-10-13-14(12(2)11-20-13)21(18,19)17-9-6-7-15(17,3)4/h11,16H,5-10H2,1-4H3. The van der Waals surface area contributed by atoms with E-state index in [9.17, 15) is 8.42 Å². The Morgan fingerprint density at radius 3 is 2.71 bits per heavy atom. The first kappa shape index (κ1) is 16.9. The van der Waals surface area contributed by atoms with Gasteiger partial charge in [-0.05, 0) is 57.5 Å². The van der Waals surface area contributed by atoms with Gasteiger partial charge in [-0.2, -0.15) is 4.31 Å². The quantitative estimate of drug-likeness (QED) is 0.815. The van der Waals surface area contributed by atoms with Gasteiger partial charge < -0.3 is 5.32 Å². The van der Waals surface area contributed by atoms with Gasteiger partial charge in [-0.15, -0.1) is 11.3 Å². The summed E-state index contributed by atoms with van der Waals surface area (Å²) in [6.45, 7) is 10.2. The first-order valence-corrected chi connectivity index (χ1v) is 9.93. The lowest BCUT2D eigenvalue weighted by molar-refractivity contribution is 0.291. The molecule has 1 saturated heterocycles. The van der Waals surface area contributed by atoms with E-state index in [1.54, 1.807) is 15.6 Å². The van der Waals surface area contributed by atoms with Crippen molar-refractivity contribution in [2.75, 3.05) is 13.1 Å². The molecule has 1 aromatic rings. The molecule has 1 fully saturated rings. The van der Waals surface area contributed by atoms with Crippen LogP contribution in [0.5, 0.6) is 0 Å². The Morgan fingerprint density at radius 1 is 1.43 bits per heavy atom. The van der Waals surface area contributed by atoms with E-state index < -0.39 is 10.0 Å². The monoisotopic (exact) mass is 330 g/mol. The van der Waals surface area contributed by atoms with Gasteiger partial charge in [0.15, 0.2) is 0 Å². The van der Waals surface area contributed by atoms with E-state index >= 15 is 0 Å². The van der Waals surface area contributed by atoms with Crippen molar-refractivity contribution in [3.8, 4) is 0 Å². The number of hydrogen-bond donors (Lipinski definition) is 1. The van der Waals surface area contributed by atoms with Crippen LogP contribution < -0.4 is 5.32 Å². The lowest BCUT2D eigenvalue weighted by atomic mass is 10.0. The highest BCUT2D eigenvalue weighted by Gasteiger charge is 2.42. The Labute approximate surface area is 132 Å². The predicted molar refractivity (Wildman–Crippen MR) is 88.3 cm³/mol. The Hall–Kier alpha value is -0.430. The molecule has 0 unspecified atom stereocenters. The summed E-state index contributed by atoms with van der Waals surface area (Å²) in [7, 11) is -3.40. The molecule has 0 atom stereocenters. The van der Waals surface area contributed by atoms with Gasteiger partial charge in [0.1, 0.15) is 4.90 Å². The van der Waals surface area contributed by atoms with Crippen molar-refractivity contribution in [3.63, 3.8) is 0 Å². The number of nitrogens with one attached hydrogen (secondary N) is 1. The number of nitrogens with zero attached hydrogens (tertiary/aromatic N) is 1. The summed E-state index contributed by atoms with van der Waals surface area (Å²) in [5.74, 6) is 0. The van der Waals surface area contributed by atoms with Gasteiger partial charge in [-0.1, -0.05) is 6.92 Å². The second kappa shape index (κ2) is 6.36. The van der Waals surface area contributed by atoms with Gasteiger partial charge >= 0.3 is 0 Å². The highest BCUT2D eigenvalue weighted by Crippen LogP contribution is 2.37. The maximum absolute atomic E-state index is 13.1. The molecule has 1 aliphatic heterocycles. The molecule has 2 rings (SSSR count). The minimum absolute atomic E-state index is 0.276. The average Bonchev–Trinajstić information content (AvgIpc) is 2.93. The third kappa shape index (κ3) is 3.33. The van der Waals surface area contributed by atoms with Crippen molar-refractivity contribution in [2.24, 2.45) is 0 Å². The molecule has 2 heterocycles. The maximum Gasteiger partial charge on any atom is 0.244 e. The predicted octanol–water partition coefficient (Wildman–Crippen LogP) is 3.12. The summed E-state index contributed by atoms with van der Waals surface area (Å²) < 4.78 is 27.9. The van der Waals surface area contributed by atoms with E-state index in [-0.39, 0.29) is 5.54 Å². The Morgan fingerprint density at radius 2 is 2.14 bits per heavy atom. The summed E-state index contributed by atoms with van der Waals surface area (Å²) >= 11 is 1.54. The summed E-state index contributed by atoms with van der Waals surface area (Å²) in [4.78, 5) is 1.47. The first-order chi connectivity index (χ1) is 9.80. The fraction of sp³-hybridized carbons (Fsp3) is 0.733.